The minimum absolute atomic E-state index is 0.0408. The summed E-state index contributed by atoms with van der Waals surface area (Å²) >= 11 is 0. The first-order chi connectivity index (χ1) is 9.02. The fourth-order valence-electron chi connectivity index (χ4n) is 2.31. The maximum atomic E-state index is 13.9. The molecule has 0 amide bonds. The van der Waals surface area contributed by atoms with Gasteiger partial charge in [-0.15, -0.1) is 0 Å². The van der Waals surface area contributed by atoms with E-state index in [0.29, 0.717) is 18.8 Å². The van der Waals surface area contributed by atoms with Crippen LogP contribution in [0.1, 0.15) is 17.3 Å². The molecule has 0 atom stereocenters. The molecular weight excluding hydrogens is 249 g/mol. The largest absolute Gasteiger partial charge is 0.478 e. The predicted octanol–water partition coefficient (Wildman–Crippen LogP) is 1.25. The predicted molar refractivity (Wildman–Crippen MR) is 72.1 cm³/mol. The Kier molecular flexibility index (Phi) is 3.90. The number of carbonyl (C=O) groups is 1. The van der Waals surface area contributed by atoms with E-state index in [1.807, 2.05) is 4.90 Å². The normalized spacial score (nSPS) is 16.6. The van der Waals surface area contributed by atoms with E-state index in [4.69, 9.17) is 10.8 Å². The summed E-state index contributed by atoms with van der Waals surface area (Å²) in [5.41, 5.74) is 5.75. The lowest BCUT2D eigenvalue weighted by Gasteiger charge is -2.35. The SMILES string of the molecule is CCN1CCN(c2cc(C(=O)O)c(N)cc2F)CC1. The summed E-state index contributed by atoms with van der Waals surface area (Å²) in [7, 11) is 0. The second-order valence-electron chi connectivity index (χ2n) is 4.62. The van der Waals surface area contributed by atoms with Crippen molar-refractivity contribution in [2.45, 2.75) is 6.92 Å². The van der Waals surface area contributed by atoms with Gasteiger partial charge in [-0.3, -0.25) is 0 Å². The molecule has 1 saturated heterocycles. The van der Waals surface area contributed by atoms with Crippen LogP contribution in [0.25, 0.3) is 0 Å². The van der Waals surface area contributed by atoms with Crippen LogP contribution >= 0.6 is 0 Å². The average Bonchev–Trinajstić information content (AvgIpc) is 2.38. The lowest BCUT2D eigenvalue weighted by Crippen LogP contribution is -2.46. The number of nitrogen functional groups attached to an aromatic ring is 1. The number of nitrogens with two attached hydrogens (primary N) is 1. The first kappa shape index (κ1) is 13.6. The molecule has 0 unspecified atom stereocenters. The zero-order valence-electron chi connectivity index (χ0n) is 10.9. The third kappa shape index (κ3) is 2.78. The molecular formula is C13H18FN3O2. The molecule has 0 aliphatic carbocycles. The van der Waals surface area contributed by atoms with Crippen molar-refractivity contribution >= 4 is 17.3 Å². The smallest absolute Gasteiger partial charge is 0.337 e. The number of hydrogen-bond donors (Lipinski definition) is 2. The molecule has 1 aromatic carbocycles. The van der Waals surface area contributed by atoms with Gasteiger partial charge in [-0.25, -0.2) is 9.18 Å². The van der Waals surface area contributed by atoms with Crippen LogP contribution < -0.4 is 10.6 Å². The molecule has 104 valence electrons. The van der Waals surface area contributed by atoms with E-state index in [0.717, 1.165) is 25.7 Å². The third-order valence-corrected chi connectivity index (χ3v) is 3.51. The van der Waals surface area contributed by atoms with Crippen molar-refractivity contribution in [2.75, 3.05) is 43.4 Å². The van der Waals surface area contributed by atoms with E-state index in [1.165, 1.54) is 6.07 Å². The van der Waals surface area contributed by atoms with Crippen LogP contribution in [0.15, 0.2) is 12.1 Å². The number of aromatic carboxylic acids is 1. The van der Waals surface area contributed by atoms with Crippen LogP contribution in [0.3, 0.4) is 0 Å². The number of nitrogens with zero attached hydrogens (tertiary/aromatic N) is 2. The van der Waals surface area contributed by atoms with Crippen molar-refractivity contribution in [3.8, 4) is 0 Å². The van der Waals surface area contributed by atoms with E-state index in [1.54, 1.807) is 0 Å². The van der Waals surface area contributed by atoms with Crippen LogP contribution in [-0.2, 0) is 0 Å². The molecule has 1 fully saturated rings. The molecule has 1 heterocycles. The molecule has 5 nitrogen and oxygen atoms in total. The molecule has 0 bridgehead atoms. The topological polar surface area (TPSA) is 69.8 Å². The highest BCUT2D eigenvalue weighted by molar-refractivity contribution is 5.95. The second kappa shape index (κ2) is 5.44. The van der Waals surface area contributed by atoms with Crippen molar-refractivity contribution in [3.63, 3.8) is 0 Å². The second-order valence-corrected chi connectivity index (χ2v) is 4.62. The minimum atomic E-state index is -1.13. The van der Waals surface area contributed by atoms with Crippen LogP contribution in [0, 0.1) is 5.82 Å². The van der Waals surface area contributed by atoms with Gasteiger partial charge in [-0.1, -0.05) is 6.92 Å². The number of benzene rings is 1. The van der Waals surface area contributed by atoms with Gasteiger partial charge < -0.3 is 20.6 Å². The molecule has 0 saturated carbocycles. The molecule has 1 aliphatic rings. The fraction of sp³-hybridized carbons (Fsp3) is 0.462. The van der Waals surface area contributed by atoms with Gasteiger partial charge in [0, 0.05) is 31.9 Å². The number of hydrogen-bond acceptors (Lipinski definition) is 4. The Morgan fingerprint density at radius 2 is 2.00 bits per heavy atom. The van der Waals surface area contributed by atoms with Crippen molar-refractivity contribution in [1.82, 2.24) is 4.90 Å². The molecule has 3 N–H and O–H groups in total. The van der Waals surface area contributed by atoms with Gasteiger partial charge in [-0.05, 0) is 18.7 Å². The van der Waals surface area contributed by atoms with Crippen molar-refractivity contribution < 1.29 is 14.3 Å². The van der Waals surface area contributed by atoms with E-state index in [2.05, 4.69) is 11.8 Å². The highest BCUT2D eigenvalue weighted by Crippen LogP contribution is 2.26. The van der Waals surface area contributed by atoms with Crippen LogP contribution in [0.5, 0.6) is 0 Å². The maximum absolute atomic E-state index is 13.9. The van der Waals surface area contributed by atoms with Crippen LogP contribution in [-0.4, -0.2) is 48.7 Å². The molecule has 1 aromatic rings. The first-order valence-corrected chi connectivity index (χ1v) is 6.32. The monoisotopic (exact) mass is 267 g/mol. The van der Waals surface area contributed by atoms with Gasteiger partial charge in [0.2, 0.25) is 0 Å². The summed E-state index contributed by atoms with van der Waals surface area (Å²) in [4.78, 5) is 15.2. The Bertz CT molecular complexity index is 485. The number of carboxylic acid groups (broad SMARTS) is 1. The van der Waals surface area contributed by atoms with E-state index in [9.17, 15) is 9.18 Å². The van der Waals surface area contributed by atoms with Crippen molar-refractivity contribution in [3.05, 3.63) is 23.5 Å². The van der Waals surface area contributed by atoms with Gasteiger partial charge in [0.25, 0.3) is 0 Å². The quantitative estimate of drug-likeness (QED) is 0.807. The van der Waals surface area contributed by atoms with Gasteiger partial charge in [0.05, 0.1) is 11.3 Å². The zero-order chi connectivity index (χ0) is 14.0. The van der Waals surface area contributed by atoms with E-state index < -0.39 is 11.8 Å². The van der Waals surface area contributed by atoms with Crippen molar-refractivity contribution in [2.24, 2.45) is 0 Å². The fourth-order valence-corrected chi connectivity index (χ4v) is 2.31. The summed E-state index contributed by atoms with van der Waals surface area (Å²) in [5.74, 6) is -1.60. The molecule has 1 aliphatic heterocycles. The molecule has 0 spiro atoms. The number of rotatable bonds is 3. The van der Waals surface area contributed by atoms with E-state index >= 15 is 0 Å². The highest BCUT2D eigenvalue weighted by Gasteiger charge is 2.21. The van der Waals surface area contributed by atoms with Gasteiger partial charge in [-0.2, -0.15) is 0 Å². The molecule has 19 heavy (non-hydrogen) atoms. The summed E-state index contributed by atoms with van der Waals surface area (Å²) in [5, 5.41) is 9.03. The van der Waals surface area contributed by atoms with E-state index in [-0.39, 0.29) is 11.3 Å². The minimum Gasteiger partial charge on any atom is -0.478 e. The maximum Gasteiger partial charge on any atom is 0.337 e. The number of halogens is 1. The summed E-state index contributed by atoms with van der Waals surface area (Å²) < 4.78 is 13.9. The number of likely N-dealkylation sites (N-methyl/N-ethyl adjacent to an activating group) is 1. The molecule has 2 rings (SSSR count). The lowest BCUT2D eigenvalue weighted by atomic mass is 10.1. The van der Waals surface area contributed by atoms with Crippen LogP contribution in [0.4, 0.5) is 15.8 Å². The molecule has 0 aromatic heterocycles. The Hall–Kier alpha value is -1.82. The Morgan fingerprint density at radius 3 is 2.53 bits per heavy atom. The number of piperazine rings is 1. The Labute approximate surface area is 111 Å². The number of carboxylic acids is 1. The van der Waals surface area contributed by atoms with Gasteiger partial charge in [0.15, 0.2) is 0 Å². The Balaban J connectivity index is 2.25. The number of anilines is 2. The molecule has 0 radical (unpaired) electrons. The zero-order valence-corrected chi connectivity index (χ0v) is 10.9. The highest BCUT2D eigenvalue weighted by atomic mass is 19.1. The van der Waals surface area contributed by atoms with Crippen LogP contribution in [0.2, 0.25) is 0 Å². The average molecular weight is 267 g/mol. The Morgan fingerprint density at radius 1 is 1.37 bits per heavy atom. The van der Waals surface area contributed by atoms with Gasteiger partial charge in [0.1, 0.15) is 5.82 Å². The summed E-state index contributed by atoms with van der Waals surface area (Å²) in [6, 6.07) is 2.42. The molecule has 6 heteroatoms. The van der Waals surface area contributed by atoms with Gasteiger partial charge >= 0.3 is 5.97 Å². The lowest BCUT2D eigenvalue weighted by molar-refractivity contribution is 0.0698. The summed E-state index contributed by atoms with van der Waals surface area (Å²) in [6.45, 7) is 6.13. The first-order valence-electron chi connectivity index (χ1n) is 6.32. The third-order valence-electron chi connectivity index (χ3n) is 3.51. The summed E-state index contributed by atoms with van der Waals surface area (Å²) in [6.07, 6.45) is 0. The standard InChI is InChI=1S/C13H18FN3O2/c1-2-16-3-5-17(6-4-16)12-7-9(13(18)19)11(15)8-10(12)14/h7-8H,2-6,15H2,1H3,(H,18,19). The van der Waals surface area contributed by atoms with Crippen molar-refractivity contribution in [1.29, 1.82) is 0 Å².